The van der Waals surface area contributed by atoms with Crippen molar-refractivity contribution in [2.75, 3.05) is 13.1 Å². The van der Waals surface area contributed by atoms with Crippen molar-refractivity contribution in [2.24, 2.45) is 5.73 Å². The van der Waals surface area contributed by atoms with Gasteiger partial charge in [0.25, 0.3) is 5.91 Å². The summed E-state index contributed by atoms with van der Waals surface area (Å²) in [5.41, 5.74) is 6.31. The van der Waals surface area contributed by atoms with E-state index in [1.807, 2.05) is 20.8 Å². The van der Waals surface area contributed by atoms with Gasteiger partial charge in [-0.1, -0.05) is 0 Å². The molecule has 0 bridgehead atoms. The van der Waals surface area contributed by atoms with Crippen molar-refractivity contribution in [2.45, 2.75) is 71.2 Å². The lowest BCUT2D eigenvalue weighted by molar-refractivity contribution is -0.152. The SMILES string of the molecule is CC(=O)OC(C)(C)C.NC(=O)[C@H](CCC(=O)O)N1Cc2cc(O[C@H]3CCNC3)ccc2C1=O. The average Bonchev–Trinajstić information content (AvgIpc) is 3.28. The van der Waals surface area contributed by atoms with Gasteiger partial charge in [-0.2, -0.15) is 0 Å². The first-order valence-electron chi connectivity index (χ1n) is 10.9. The van der Waals surface area contributed by atoms with E-state index in [1.165, 1.54) is 11.8 Å². The third-order valence-corrected chi connectivity index (χ3v) is 5.01. The van der Waals surface area contributed by atoms with E-state index in [0.717, 1.165) is 25.1 Å². The number of esters is 1. The molecule has 3 rings (SSSR count). The first-order valence-corrected chi connectivity index (χ1v) is 10.9. The molecular weight excluding hydrogens is 430 g/mol. The van der Waals surface area contributed by atoms with Crippen LogP contribution in [0.1, 0.15) is 62.9 Å². The molecule has 182 valence electrons. The molecule has 10 nitrogen and oxygen atoms in total. The predicted octanol–water partition coefficient (Wildman–Crippen LogP) is 1.45. The number of aliphatic carboxylic acids is 1. The highest BCUT2D eigenvalue weighted by molar-refractivity contribution is 6.01. The van der Waals surface area contributed by atoms with Crippen LogP contribution in [0.2, 0.25) is 0 Å². The van der Waals surface area contributed by atoms with Gasteiger partial charge in [-0.15, -0.1) is 0 Å². The smallest absolute Gasteiger partial charge is 0.303 e. The van der Waals surface area contributed by atoms with Crippen LogP contribution < -0.4 is 15.8 Å². The number of carbonyl (C=O) groups excluding carboxylic acids is 3. The summed E-state index contributed by atoms with van der Waals surface area (Å²) in [6, 6.07) is 4.31. The number of rotatable bonds is 7. The number of amides is 2. The molecule has 2 aliphatic heterocycles. The Morgan fingerprint density at radius 3 is 2.48 bits per heavy atom. The molecule has 0 saturated carbocycles. The van der Waals surface area contributed by atoms with E-state index in [9.17, 15) is 19.2 Å². The second kappa shape index (κ2) is 11.1. The van der Waals surface area contributed by atoms with Gasteiger partial charge in [-0.25, -0.2) is 0 Å². The summed E-state index contributed by atoms with van der Waals surface area (Å²) in [5, 5.41) is 12.0. The number of nitrogens with one attached hydrogen (secondary N) is 1. The molecule has 1 fully saturated rings. The Morgan fingerprint density at radius 2 is 2.00 bits per heavy atom. The van der Waals surface area contributed by atoms with Crippen molar-refractivity contribution in [1.29, 1.82) is 0 Å². The monoisotopic (exact) mass is 463 g/mol. The van der Waals surface area contributed by atoms with E-state index in [-0.39, 0.29) is 43.0 Å². The van der Waals surface area contributed by atoms with Crippen molar-refractivity contribution in [3.63, 3.8) is 0 Å². The number of carbonyl (C=O) groups is 4. The number of hydrogen-bond acceptors (Lipinski definition) is 7. The maximum Gasteiger partial charge on any atom is 0.303 e. The molecule has 1 aromatic rings. The number of ether oxygens (including phenoxy) is 2. The second-order valence-electron chi connectivity index (χ2n) is 9.04. The van der Waals surface area contributed by atoms with Gasteiger partial charge in [0.2, 0.25) is 5.91 Å². The van der Waals surface area contributed by atoms with Crippen LogP contribution in [0.4, 0.5) is 0 Å². The Kier molecular flexibility index (Phi) is 8.81. The van der Waals surface area contributed by atoms with Gasteiger partial charge in [0.15, 0.2) is 0 Å². The average molecular weight is 464 g/mol. The van der Waals surface area contributed by atoms with Gasteiger partial charge in [0.05, 0.1) is 0 Å². The summed E-state index contributed by atoms with van der Waals surface area (Å²) in [6.07, 6.45) is 0.819. The van der Waals surface area contributed by atoms with Crippen LogP contribution in [0.25, 0.3) is 0 Å². The summed E-state index contributed by atoms with van der Waals surface area (Å²) in [7, 11) is 0. The Bertz CT molecular complexity index is 889. The highest BCUT2D eigenvalue weighted by Crippen LogP contribution is 2.30. The first kappa shape index (κ1) is 26.1. The zero-order valence-corrected chi connectivity index (χ0v) is 19.6. The highest BCUT2D eigenvalue weighted by Gasteiger charge is 2.36. The lowest BCUT2D eigenvalue weighted by Gasteiger charge is -2.24. The lowest BCUT2D eigenvalue weighted by Crippen LogP contribution is -2.45. The number of carboxylic acid groups (broad SMARTS) is 1. The fourth-order valence-corrected chi connectivity index (χ4v) is 3.71. The number of benzene rings is 1. The standard InChI is InChI=1S/C17H21N3O5.C6H12O2/c18-16(23)14(3-4-15(21)22)20-9-10-7-11(1-2-13(10)17(20)24)25-12-5-6-19-8-12;1-5(7)8-6(2,3)4/h1-2,7,12,14,19H,3-6,8-9H2,(H2,18,23)(H,21,22);1-4H3/t12-,14-;/m0./s1. The third kappa shape index (κ3) is 8.05. The van der Waals surface area contributed by atoms with Crippen molar-refractivity contribution in [1.82, 2.24) is 10.2 Å². The van der Waals surface area contributed by atoms with E-state index in [1.54, 1.807) is 18.2 Å². The van der Waals surface area contributed by atoms with E-state index in [4.69, 9.17) is 20.3 Å². The Hall–Kier alpha value is -3.14. The van der Waals surface area contributed by atoms with Gasteiger partial charge in [-0.05, 0) is 63.9 Å². The summed E-state index contributed by atoms with van der Waals surface area (Å²) in [4.78, 5) is 46.6. The number of hydrogen-bond donors (Lipinski definition) is 3. The predicted molar refractivity (Wildman–Crippen MR) is 120 cm³/mol. The lowest BCUT2D eigenvalue weighted by atomic mass is 10.1. The molecule has 4 N–H and O–H groups in total. The van der Waals surface area contributed by atoms with Crippen LogP contribution in [-0.4, -0.2) is 64.6 Å². The molecule has 0 aliphatic carbocycles. The minimum Gasteiger partial charge on any atom is -0.489 e. The maximum absolute atomic E-state index is 12.6. The molecule has 1 saturated heterocycles. The number of primary amides is 1. The van der Waals surface area contributed by atoms with Crippen LogP contribution in [0.3, 0.4) is 0 Å². The van der Waals surface area contributed by atoms with E-state index in [0.29, 0.717) is 11.3 Å². The van der Waals surface area contributed by atoms with Crippen LogP contribution in [0.15, 0.2) is 18.2 Å². The summed E-state index contributed by atoms with van der Waals surface area (Å²) in [5.74, 6) is -1.58. The molecule has 0 spiro atoms. The molecule has 10 heteroatoms. The molecule has 2 heterocycles. The Labute approximate surface area is 193 Å². The molecule has 0 radical (unpaired) electrons. The maximum atomic E-state index is 12.6. The van der Waals surface area contributed by atoms with Crippen molar-refractivity contribution in [3.05, 3.63) is 29.3 Å². The van der Waals surface area contributed by atoms with E-state index in [2.05, 4.69) is 5.32 Å². The Balaban J connectivity index is 0.000000414. The number of carboxylic acids is 1. The van der Waals surface area contributed by atoms with E-state index < -0.39 is 17.9 Å². The van der Waals surface area contributed by atoms with Crippen molar-refractivity contribution in [3.8, 4) is 5.75 Å². The zero-order chi connectivity index (χ0) is 24.8. The molecule has 0 unspecified atom stereocenters. The van der Waals surface area contributed by atoms with Gasteiger partial charge >= 0.3 is 11.9 Å². The Morgan fingerprint density at radius 1 is 1.30 bits per heavy atom. The van der Waals surface area contributed by atoms with Crippen LogP contribution >= 0.6 is 0 Å². The first-order chi connectivity index (χ1) is 15.4. The van der Waals surface area contributed by atoms with Crippen LogP contribution in [0.5, 0.6) is 5.75 Å². The third-order valence-electron chi connectivity index (χ3n) is 5.01. The summed E-state index contributed by atoms with van der Waals surface area (Å²) in [6.45, 7) is 8.87. The van der Waals surface area contributed by atoms with Gasteiger partial charge in [0.1, 0.15) is 23.5 Å². The number of nitrogens with two attached hydrogens (primary N) is 1. The van der Waals surface area contributed by atoms with Gasteiger partial charge < -0.3 is 30.5 Å². The minimum absolute atomic E-state index is 0.00148. The van der Waals surface area contributed by atoms with E-state index >= 15 is 0 Å². The molecule has 2 atom stereocenters. The molecular formula is C23H33N3O7. The molecule has 33 heavy (non-hydrogen) atoms. The van der Waals surface area contributed by atoms with Crippen LogP contribution in [-0.2, 0) is 25.7 Å². The minimum atomic E-state index is -1.03. The second-order valence-corrected chi connectivity index (χ2v) is 9.04. The molecule has 2 amide bonds. The molecule has 1 aromatic carbocycles. The number of fused-ring (bicyclic) bond motifs is 1. The topological polar surface area (TPSA) is 148 Å². The zero-order valence-electron chi connectivity index (χ0n) is 19.6. The summed E-state index contributed by atoms with van der Waals surface area (Å²) >= 11 is 0. The molecule has 0 aromatic heterocycles. The van der Waals surface area contributed by atoms with Crippen LogP contribution in [0, 0.1) is 0 Å². The van der Waals surface area contributed by atoms with Gasteiger partial charge in [-0.3, -0.25) is 19.2 Å². The quantitative estimate of drug-likeness (QED) is 0.515. The normalized spacial score (nSPS) is 18.1. The van der Waals surface area contributed by atoms with Crippen molar-refractivity contribution < 1.29 is 33.8 Å². The summed E-state index contributed by atoms with van der Waals surface area (Å²) < 4.78 is 10.7. The largest absolute Gasteiger partial charge is 0.489 e. The van der Waals surface area contributed by atoms with Crippen molar-refractivity contribution >= 4 is 23.8 Å². The number of nitrogens with zero attached hydrogens (tertiary/aromatic N) is 1. The molecule has 2 aliphatic rings. The fourth-order valence-electron chi connectivity index (χ4n) is 3.71. The van der Waals surface area contributed by atoms with Gasteiger partial charge in [0, 0.05) is 32.0 Å². The highest BCUT2D eigenvalue weighted by atomic mass is 16.6. The fraction of sp³-hybridized carbons (Fsp3) is 0.565.